The van der Waals surface area contributed by atoms with Crippen LogP contribution in [0.4, 0.5) is 0 Å². The van der Waals surface area contributed by atoms with E-state index in [1.54, 1.807) is 18.2 Å². The van der Waals surface area contributed by atoms with Crippen molar-refractivity contribution in [1.29, 1.82) is 0 Å². The average Bonchev–Trinajstić information content (AvgIpc) is 3.19. The Bertz CT molecular complexity index is 888. The van der Waals surface area contributed by atoms with Crippen LogP contribution in [0.25, 0.3) is 10.9 Å². The largest absolute Gasteiger partial charge is 0.395 e. The third kappa shape index (κ3) is 3.89. The van der Waals surface area contributed by atoms with Crippen molar-refractivity contribution >= 4 is 42.8 Å². The number of aromatic nitrogens is 1. The first kappa shape index (κ1) is 18.4. The van der Waals surface area contributed by atoms with Gasteiger partial charge in [0, 0.05) is 28.0 Å². The van der Waals surface area contributed by atoms with Crippen LogP contribution in [0, 0.1) is 0 Å². The van der Waals surface area contributed by atoms with Crippen LogP contribution in [0.15, 0.2) is 27.6 Å². The summed E-state index contributed by atoms with van der Waals surface area (Å²) in [5.41, 5.74) is 0.538. The molecule has 0 atom stereocenters. The third-order valence-electron chi connectivity index (χ3n) is 4.28. The van der Waals surface area contributed by atoms with Crippen molar-refractivity contribution in [2.24, 2.45) is 0 Å². The van der Waals surface area contributed by atoms with Crippen LogP contribution >= 0.6 is 15.9 Å². The molecule has 1 heterocycles. The fourth-order valence-electron chi connectivity index (χ4n) is 3.16. The standard InChI is InChI=1S/C16H20BrN3O4S/c17-10-5-6-13-12(9-10)15(14(19-13)16(22)18-7-8-21)25(23,24)20-11-3-1-2-4-11/h5-6,9,11,19-21H,1-4,7-8H2,(H,18,22). The zero-order valence-electron chi connectivity index (χ0n) is 13.5. The van der Waals surface area contributed by atoms with Crippen LogP contribution in [-0.2, 0) is 10.0 Å². The molecule has 0 radical (unpaired) electrons. The van der Waals surface area contributed by atoms with E-state index in [4.69, 9.17) is 5.11 Å². The molecule has 9 heteroatoms. The number of aliphatic hydroxyl groups excluding tert-OH is 1. The molecule has 25 heavy (non-hydrogen) atoms. The number of benzene rings is 1. The molecule has 1 aromatic heterocycles. The van der Waals surface area contributed by atoms with Gasteiger partial charge in [-0.25, -0.2) is 13.1 Å². The quantitative estimate of drug-likeness (QED) is 0.561. The molecule has 1 amide bonds. The van der Waals surface area contributed by atoms with Crippen molar-refractivity contribution in [3.63, 3.8) is 0 Å². The molecule has 1 saturated carbocycles. The highest BCUT2D eigenvalue weighted by Crippen LogP contribution is 2.30. The second-order valence-corrected chi connectivity index (χ2v) is 8.67. The number of nitrogens with one attached hydrogen (secondary N) is 3. The number of aromatic amines is 1. The fraction of sp³-hybridized carbons (Fsp3) is 0.438. The topological polar surface area (TPSA) is 111 Å². The lowest BCUT2D eigenvalue weighted by Crippen LogP contribution is -2.35. The van der Waals surface area contributed by atoms with Gasteiger partial charge in [-0.3, -0.25) is 4.79 Å². The highest BCUT2D eigenvalue weighted by Gasteiger charge is 2.30. The molecule has 0 saturated heterocycles. The molecule has 0 spiro atoms. The molecule has 1 aliphatic rings. The summed E-state index contributed by atoms with van der Waals surface area (Å²) in [6, 6.07) is 5.07. The smallest absolute Gasteiger partial charge is 0.269 e. The summed E-state index contributed by atoms with van der Waals surface area (Å²) >= 11 is 3.35. The van der Waals surface area contributed by atoms with E-state index in [0.717, 1.165) is 30.2 Å². The number of H-pyrrole nitrogens is 1. The molecule has 0 unspecified atom stereocenters. The van der Waals surface area contributed by atoms with Crippen molar-refractivity contribution < 1.29 is 18.3 Å². The van der Waals surface area contributed by atoms with Crippen molar-refractivity contribution in [2.75, 3.05) is 13.2 Å². The predicted octanol–water partition coefficient (Wildman–Crippen LogP) is 1.87. The minimum absolute atomic E-state index is 0.0213. The Morgan fingerprint density at radius 3 is 2.72 bits per heavy atom. The van der Waals surface area contributed by atoms with E-state index in [9.17, 15) is 13.2 Å². The zero-order valence-corrected chi connectivity index (χ0v) is 15.9. The molecule has 3 rings (SSSR count). The van der Waals surface area contributed by atoms with Crippen LogP contribution < -0.4 is 10.0 Å². The third-order valence-corrected chi connectivity index (χ3v) is 6.38. The lowest BCUT2D eigenvalue weighted by Gasteiger charge is -2.13. The Labute approximate surface area is 154 Å². The minimum Gasteiger partial charge on any atom is -0.395 e. The van der Waals surface area contributed by atoms with Gasteiger partial charge in [0.1, 0.15) is 10.6 Å². The van der Waals surface area contributed by atoms with Gasteiger partial charge >= 0.3 is 0 Å². The van der Waals surface area contributed by atoms with Crippen LogP contribution in [0.3, 0.4) is 0 Å². The first-order valence-corrected chi connectivity index (χ1v) is 10.4. The number of hydrogen-bond donors (Lipinski definition) is 4. The Hall–Kier alpha value is -1.42. The van der Waals surface area contributed by atoms with Gasteiger partial charge in [0.15, 0.2) is 0 Å². The van der Waals surface area contributed by atoms with E-state index in [-0.39, 0.29) is 29.8 Å². The van der Waals surface area contributed by atoms with Crippen LogP contribution in [0.1, 0.15) is 36.2 Å². The summed E-state index contributed by atoms with van der Waals surface area (Å²) in [5.74, 6) is -0.562. The second kappa shape index (κ2) is 7.45. The highest BCUT2D eigenvalue weighted by molar-refractivity contribution is 9.10. The predicted molar refractivity (Wildman–Crippen MR) is 98.0 cm³/mol. The Morgan fingerprint density at radius 2 is 2.04 bits per heavy atom. The lowest BCUT2D eigenvalue weighted by molar-refractivity contribution is 0.0937. The lowest BCUT2D eigenvalue weighted by atomic mass is 10.2. The SMILES string of the molecule is O=C(NCCO)c1[nH]c2ccc(Br)cc2c1S(=O)(=O)NC1CCCC1. The Kier molecular flexibility index (Phi) is 5.47. The van der Waals surface area contributed by atoms with E-state index in [2.05, 4.69) is 31.0 Å². The second-order valence-electron chi connectivity index (χ2n) is 6.10. The van der Waals surface area contributed by atoms with Crippen LogP contribution in [0.2, 0.25) is 0 Å². The number of halogens is 1. The van der Waals surface area contributed by atoms with Crippen molar-refractivity contribution in [3.8, 4) is 0 Å². The number of rotatable bonds is 6. The molecule has 0 bridgehead atoms. The average molecular weight is 430 g/mol. The van der Waals surface area contributed by atoms with Crippen molar-refractivity contribution in [2.45, 2.75) is 36.6 Å². The normalized spacial score (nSPS) is 15.8. The van der Waals surface area contributed by atoms with E-state index in [0.29, 0.717) is 10.9 Å². The van der Waals surface area contributed by atoms with Gasteiger partial charge in [0.25, 0.3) is 5.91 Å². The van der Waals surface area contributed by atoms with Crippen LogP contribution in [-0.4, -0.2) is 43.6 Å². The van der Waals surface area contributed by atoms with Crippen molar-refractivity contribution in [3.05, 3.63) is 28.4 Å². The number of sulfonamides is 1. The zero-order chi connectivity index (χ0) is 18.0. The summed E-state index contributed by atoms with van der Waals surface area (Å²) < 4.78 is 29.4. The fourth-order valence-corrected chi connectivity index (χ4v) is 5.18. The van der Waals surface area contributed by atoms with Gasteiger partial charge in [0.2, 0.25) is 10.0 Å². The van der Waals surface area contributed by atoms with Crippen LogP contribution in [0.5, 0.6) is 0 Å². The number of carbonyl (C=O) groups is 1. The minimum atomic E-state index is -3.87. The number of hydrogen-bond acceptors (Lipinski definition) is 4. The molecule has 4 N–H and O–H groups in total. The maximum absolute atomic E-state index is 13.0. The molecule has 0 aliphatic heterocycles. The summed E-state index contributed by atoms with van der Waals surface area (Å²) in [5, 5.41) is 11.9. The van der Waals surface area contributed by atoms with E-state index >= 15 is 0 Å². The molecular formula is C16H20BrN3O4S. The van der Waals surface area contributed by atoms with Gasteiger partial charge in [0.05, 0.1) is 6.61 Å². The van der Waals surface area contributed by atoms with E-state index in [1.807, 2.05) is 0 Å². The van der Waals surface area contributed by atoms with Gasteiger partial charge < -0.3 is 15.4 Å². The van der Waals surface area contributed by atoms with Gasteiger partial charge in [-0.1, -0.05) is 28.8 Å². The van der Waals surface area contributed by atoms with Crippen molar-refractivity contribution in [1.82, 2.24) is 15.0 Å². The Balaban J connectivity index is 2.09. The highest BCUT2D eigenvalue weighted by atomic mass is 79.9. The van der Waals surface area contributed by atoms with Gasteiger partial charge in [-0.05, 0) is 31.0 Å². The molecule has 1 aliphatic carbocycles. The first-order valence-electron chi connectivity index (χ1n) is 8.15. The monoisotopic (exact) mass is 429 g/mol. The maximum atomic E-state index is 13.0. The first-order chi connectivity index (χ1) is 11.9. The Morgan fingerprint density at radius 1 is 1.32 bits per heavy atom. The number of fused-ring (bicyclic) bond motifs is 1. The molecule has 7 nitrogen and oxygen atoms in total. The molecule has 2 aromatic rings. The van der Waals surface area contributed by atoms with E-state index < -0.39 is 15.9 Å². The molecule has 1 aromatic carbocycles. The summed E-state index contributed by atoms with van der Waals surface area (Å²) in [4.78, 5) is 15.3. The summed E-state index contributed by atoms with van der Waals surface area (Å²) in [6.07, 6.45) is 3.60. The van der Waals surface area contributed by atoms with Gasteiger partial charge in [-0.2, -0.15) is 0 Å². The summed E-state index contributed by atoms with van der Waals surface area (Å²) in [6.45, 7) is -0.173. The number of carbonyl (C=O) groups excluding carboxylic acids is 1. The van der Waals surface area contributed by atoms with Gasteiger partial charge in [-0.15, -0.1) is 0 Å². The molecule has 136 valence electrons. The molecular weight excluding hydrogens is 410 g/mol. The maximum Gasteiger partial charge on any atom is 0.269 e. The number of aliphatic hydroxyl groups is 1. The van der Waals surface area contributed by atoms with E-state index in [1.165, 1.54) is 0 Å². The number of amides is 1. The molecule has 1 fully saturated rings. The summed E-state index contributed by atoms with van der Waals surface area (Å²) in [7, 11) is -3.87.